The Morgan fingerprint density at radius 2 is 1.11 bits per heavy atom. The summed E-state index contributed by atoms with van der Waals surface area (Å²) in [5.41, 5.74) is 11.6. The maximum atomic E-state index is 6.91. The highest BCUT2D eigenvalue weighted by atomic mass is 16.3. The molecule has 0 saturated heterocycles. The number of nitrogens with zero attached hydrogens (tertiary/aromatic N) is 3. The summed E-state index contributed by atoms with van der Waals surface area (Å²) in [6.45, 7) is 0. The molecule has 11 aromatic rings. The number of benzene rings is 8. The summed E-state index contributed by atoms with van der Waals surface area (Å²) < 4.78 is 15.7. The maximum absolute atomic E-state index is 6.91. The number of hydrogen-bond acceptors (Lipinski definition) is 5. The summed E-state index contributed by atoms with van der Waals surface area (Å²) in [5.74, 6) is 1.32. The molecule has 3 aromatic heterocycles. The van der Waals surface area contributed by atoms with Crippen LogP contribution in [0.1, 0.15) is 22.9 Å². The molecule has 4 heterocycles. The summed E-state index contributed by atoms with van der Waals surface area (Å²) in [7, 11) is 0. The zero-order valence-electron chi connectivity index (χ0n) is 30.6. The van der Waals surface area contributed by atoms with E-state index in [-0.39, 0.29) is 6.17 Å². The molecule has 12 rings (SSSR count). The third-order valence-electron chi connectivity index (χ3n) is 11.3. The van der Waals surface area contributed by atoms with Gasteiger partial charge in [-0.15, -0.1) is 0 Å². The van der Waals surface area contributed by atoms with Gasteiger partial charge in [0, 0.05) is 37.9 Å². The normalized spacial score (nSPS) is 14.5. The predicted molar refractivity (Wildman–Crippen MR) is 233 cm³/mol. The van der Waals surface area contributed by atoms with Crippen molar-refractivity contribution in [1.82, 2.24) is 9.88 Å². The van der Waals surface area contributed by atoms with Gasteiger partial charge in [0.25, 0.3) is 0 Å². The number of furan rings is 2. The quantitative estimate of drug-likeness (QED) is 0.192. The average Bonchev–Trinajstić information content (AvgIpc) is 3.96. The number of para-hydroxylation sites is 4. The molecule has 0 saturated carbocycles. The van der Waals surface area contributed by atoms with Crippen molar-refractivity contribution < 1.29 is 8.83 Å². The fourth-order valence-corrected chi connectivity index (χ4v) is 8.59. The van der Waals surface area contributed by atoms with Crippen molar-refractivity contribution >= 4 is 77.4 Å². The third-order valence-corrected chi connectivity index (χ3v) is 11.3. The summed E-state index contributed by atoms with van der Waals surface area (Å²) >= 11 is 0. The number of aromatic nitrogens is 1. The summed E-state index contributed by atoms with van der Waals surface area (Å²) in [6.07, 6.45) is -0.359. The summed E-state index contributed by atoms with van der Waals surface area (Å²) in [6, 6.07) is 63.3. The number of nitrogens with one attached hydrogen (secondary N) is 1. The first kappa shape index (κ1) is 31.6. The number of amidine groups is 2. The lowest BCUT2D eigenvalue weighted by Crippen LogP contribution is -2.33. The fourth-order valence-electron chi connectivity index (χ4n) is 8.59. The monoisotopic (exact) mass is 732 g/mol. The van der Waals surface area contributed by atoms with Crippen molar-refractivity contribution in [3.63, 3.8) is 0 Å². The molecule has 0 fully saturated rings. The molecule has 0 amide bonds. The smallest absolute Gasteiger partial charge is 0.159 e. The molecule has 0 aliphatic carbocycles. The molecule has 0 bridgehead atoms. The van der Waals surface area contributed by atoms with Gasteiger partial charge in [0.15, 0.2) is 11.4 Å². The molecule has 1 N–H and O–H groups in total. The highest BCUT2D eigenvalue weighted by molar-refractivity contribution is 6.20. The van der Waals surface area contributed by atoms with Gasteiger partial charge in [0.2, 0.25) is 0 Å². The van der Waals surface area contributed by atoms with Crippen molar-refractivity contribution in [3.05, 3.63) is 199 Å². The van der Waals surface area contributed by atoms with E-state index in [2.05, 4.69) is 155 Å². The van der Waals surface area contributed by atoms with Crippen LogP contribution in [0.5, 0.6) is 0 Å². The summed E-state index contributed by atoms with van der Waals surface area (Å²) in [4.78, 5) is 10.4. The first-order chi connectivity index (χ1) is 28.2. The van der Waals surface area contributed by atoms with E-state index >= 15 is 0 Å². The van der Waals surface area contributed by atoms with E-state index in [9.17, 15) is 0 Å². The molecule has 8 aromatic carbocycles. The van der Waals surface area contributed by atoms with Crippen LogP contribution >= 0.6 is 0 Å². The molecule has 6 nitrogen and oxygen atoms in total. The van der Waals surface area contributed by atoms with E-state index in [1.54, 1.807) is 0 Å². The predicted octanol–water partition coefficient (Wildman–Crippen LogP) is 12.7. The standard InChI is InChI=1S/C51H32N4O2/c1-3-13-31(14-4-1)33-25-27-36-35-17-7-9-22-42(35)55(44(36)29-33)43-23-12-20-40-38-28-26-34(30-46(38)57-48(40)43)50-52-49(32-15-5-2-6-16-32)53-51(54-50)41-21-11-19-39-37-18-8-10-24-45(37)56-47(39)41/h1-30,49H,(H,52,53,54). The molecule has 1 aliphatic rings. The van der Waals surface area contributed by atoms with E-state index in [0.29, 0.717) is 11.7 Å². The zero-order valence-corrected chi connectivity index (χ0v) is 30.6. The second-order valence-electron chi connectivity index (χ2n) is 14.6. The lowest BCUT2D eigenvalue weighted by atomic mass is 10.0. The fraction of sp³-hybridized carbons (Fsp3) is 0.0196. The van der Waals surface area contributed by atoms with Crippen LogP contribution in [0.3, 0.4) is 0 Å². The second kappa shape index (κ2) is 12.4. The molecule has 1 unspecified atom stereocenters. The Labute approximate surface area is 326 Å². The van der Waals surface area contributed by atoms with Crippen molar-refractivity contribution in [2.75, 3.05) is 0 Å². The molecular formula is C51H32N4O2. The van der Waals surface area contributed by atoms with Crippen LogP contribution in [0.2, 0.25) is 0 Å². The van der Waals surface area contributed by atoms with Gasteiger partial charge in [-0.3, -0.25) is 0 Å². The molecule has 6 heteroatoms. The van der Waals surface area contributed by atoms with Crippen molar-refractivity contribution in [2.45, 2.75) is 6.17 Å². The molecule has 0 radical (unpaired) electrons. The average molecular weight is 733 g/mol. The maximum Gasteiger partial charge on any atom is 0.159 e. The Morgan fingerprint density at radius 3 is 1.98 bits per heavy atom. The number of fused-ring (bicyclic) bond motifs is 9. The van der Waals surface area contributed by atoms with Crippen LogP contribution < -0.4 is 5.32 Å². The van der Waals surface area contributed by atoms with Gasteiger partial charge in [-0.2, -0.15) is 0 Å². The molecular weight excluding hydrogens is 701 g/mol. The Hall–Kier alpha value is -7.70. The SMILES string of the molecule is c1ccc(-c2ccc3c4ccccc4n(-c4cccc5c4oc4cc(C6=NC(c7ccccc7)NC(c7cccc8c7oc7ccccc78)=N6)ccc45)c3c2)cc1. The third kappa shape index (κ3) is 4.97. The number of aliphatic imine (C=N–C) groups is 2. The highest BCUT2D eigenvalue weighted by Crippen LogP contribution is 2.40. The summed E-state index contributed by atoms with van der Waals surface area (Å²) in [5, 5.41) is 10.2. The van der Waals surface area contributed by atoms with Crippen molar-refractivity contribution in [3.8, 4) is 16.8 Å². The van der Waals surface area contributed by atoms with Crippen LogP contribution in [-0.4, -0.2) is 16.2 Å². The van der Waals surface area contributed by atoms with Crippen LogP contribution in [0.15, 0.2) is 201 Å². The Balaban J connectivity index is 1.03. The Kier molecular flexibility index (Phi) is 6.89. The van der Waals surface area contributed by atoms with E-state index in [0.717, 1.165) is 77.3 Å². The van der Waals surface area contributed by atoms with E-state index in [1.165, 1.54) is 21.9 Å². The lowest BCUT2D eigenvalue weighted by Gasteiger charge is -2.23. The zero-order chi connectivity index (χ0) is 37.5. The molecule has 0 spiro atoms. The minimum Gasteiger partial charge on any atom is -0.455 e. The topological polar surface area (TPSA) is 68.0 Å². The first-order valence-corrected chi connectivity index (χ1v) is 19.2. The lowest BCUT2D eigenvalue weighted by molar-refractivity contribution is 0.659. The van der Waals surface area contributed by atoms with E-state index < -0.39 is 0 Å². The van der Waals surface area contributed by atoms with Gasteiger partial charge in [-0.05, 0) is 59.2 Å². The van der Waals surface area contributed by atoms with Crippen molar-refractivity contribution in [1.29, 1.82) is 0 Å². The number of hydrogen-bond donors (Lipinski definition) is 1. The van der Waals surface area contributed by atoms with Gasteiger partial charge in [-0.1, -0.05) is 140 Å². The van der Waals surface area contributed by atoms with E-state index in [1.807, 2.05) is 36.4 Å². The van der Waals surface area contributed by atoms with Crippen LogP contribution in [-0.2, 0) is 0 Å². The molecule has 1 atom stereocenters. The first-order valence-electron chi connectivity index (χ1n) is 19.2. The van der Waals surface area contributed by atoms with Crippen LogP contribution in [0, 0.1) is 0 Å². The highest BCUT2D eigenvalue weighted by Gasteiger charge is 2.25. The van der Waals surface area contributed by atoms with Gasteiger partial charge in [0.1, 0.15) is 28.8 Å². The second-order valence-corrected chi connectivity index (χ2v) is 14.6. The minimum absolute atomic E-state index is 0.359. The van der Waals surface area contributed by atoms with Gasteiger partial charge in [-0.25, -0.2) is 9.98 Å². The minimum atomic E-state index is -0.359. The van der Waals surface area contributed by atoms with Gasteiger partial charge in [0.05, 0.1) is 22.3 Å². The van der Waals surface area contributed by atoms with Gasteiger partial charge >= 0.3 is 0 Å². The Morgan fingerprint density at radius 1 is 0.456 bits per heavy atom. The van der Waals surface area contributed by atoms with Crippen LogP contribution in [0.25, 0.3) is 82.5 Å². The number of rotatable bonds is 5. The largest absolute Gasteiger partial charge is 0.455 e. The molecule has 57 heavy (non-hydrogen) atoms. The Bertz CT molecular complexity index is 3440. The molecule has 268 valence electrons. The van der Waals surface area contributed by atoms with E-state index in [4.69, 9.17) is 18.8 Å². The molecule has 1 aliphatic heterocycles. The van der Waals surface area contributed by atoms with Crippen molar-refractivity contribution in [2.24, 2.45) is 9.98 Å². The van der Waals surface area contributed by atoms with Gasteiger partial charge < -0.3 is 18.7 Å². The van der Waals surface area contributed by atoms with Crippen LogP contribution in [0.4, 0.5) is 0 Å².